The first kappa shape index (κ1) is 13.5. The van der Waals surface area contributed by atoms with Crippen molar-refractivity contribution in [1.29, 1.82) is 0 Å². The summed E-state index contributed by atoms with van der Waals surface area (Å²) in [6, 6.07) is 4.25. The monoisotopic (exact) mass is 302 g/mol. The van der Waals surface area contributed by atoms with Gasteiger partial charge in [0, 0.05) is 5.56 Å². The lowest BCUT2D eigenvalue weighted by atomic mass is 10.2. The molecule has 0 heterocycles. The van der Waals surface area contributed by atoms with E-state index in [0.29, 0.717) is 4.47 Å². The number of phenolic OH excluding ortho intramolecular Hbond substituents is 1. The maximum atomic E-state index is 11.5. The third-order valence-corrected chi connectivity index (χ3v) is 2.66. The van der Waals surface area contributed by atoms with E-state index >= 15 is 0 Å². The van der Waals surface area contributed by atoms with Gasteiger partial charge in [-0.2, -0.15) is 0 Å². The molecular weight excluding hydrogens is 292 g/mol. The molecule has 92 valence electrons. The first-order valence-corrected chi connectivity index (χ1v) is 5.45. The molecule has 0 saturated carbocycles. The molecule has 0 fully saturated rings. The van der Waals surface area contributed by atoms with Crippen molar-refractivity contribution < 1.29 is 19.8 Å². The molecule has 0 aliphatic heterocycles. The molecule has 0 aliphatic rings. The van der Waals surface area contributed by atoms with Crippen LogP contribution in [-0.2, 0) is 4.79 Å². The lowest BCUT2D eigenvalue weighted by molar-refractivity contribution is -0.125. The third-order valence-electron chi connectivity index (χ3n) is 1.99. The van der Waals surface area contributed by atoms with Gasteiger partial charge in [-0.15, -0.1) is 0 Å². The third kappa shape index (κ3) is 3.72. The van der Waals surface area contributed by atoms with Gasteiger partial charge >= 0.3 is 0 Å². The van der Waals surface area contributed by atoms with Crippen LogP contribution in [0.2, 0.25) is 0 Å². The summed E-state index contributed by atoms with van der Waals surface area (Å²) in [5.41, 5.74) is 5.03. The van der Waals surface area contributed by atoms with Gasteiger partial charge in [-0.05, 0) is 34.1 Å². The number of nitrogens with one attached hydrogen (secondary N) is 1. The van der Waals surface area contributed by atoms with Crippen molar-refractivity contribution in [2.45, 2.75) is 6.10 Å². The number of benzene rings is 1. The molecule has 1 aromatic carbocycles. The summed E-state index contributed by atoms with van der Waals surface area (Å²) in [6.07, 6.45) is -1.43. The Bertz CT molecular complexity index is 450. The maximum absolute atomic E-state index is 11.5. The van der Waals surface area contributed by atoms with Gasteiger partial charge in [0.2, 0.25) is 5.91 Å². The summed E-state index contributed by atoms with van der Waals surface area (Å²) in [7, 11) is 0. The van der Waals surface area contributed by atoms with Crippen LogP contribution in [0.25, 0.3) is 0 Å². The van der Waals surface area contributed by atoms with Gasteiger partial charge in [-0.25, -0.2) is 0 Å². The SMILES string of the molecule is NC(=O)C(O)CNC(=O)c1ccc(Br)c(O)c1. The Labute approximate surface area is 106 Å². The number of aromatic hydroxyl groups is 1. The molecule has 0 spiro atoms. The summed E-state index contributed by atoms with van der Waals surface area (Å²) in [4.78, 5) is 22.1. The molecule has 1 atom stereocenters. The van der Waals surface area contributed by atoms with E-state index in [9.17, 15) is 14.7 Å². The van der Waals surface area contributed by atoms with Gasteiger partial charge in [0.05, 0.1) is 11.0 Å². The number of primary amides is 1. The fourth-order valence-corrected chi connectivity index (χ4v) is 1.29. The van der Waals surface area contributed by atoms with Crippen molar-refractivity contribution in [3.05, 3.63) is 28.2 Å². The summed E-state index contributed by atoms with van der Waals surface area (Å²) in [6.45, 7) is -0.273. The quantitative estimate of drug-likeness (QED) is 0.613. The van der Waals surface area contributed by atoms with E-state index in [2.05, 4.69) is 21.2 Å². The smallest absolute Gasteiger partial charge is 0.251 e. The average molecular weight is 303 g/mol. The molecule has 0 saturated heterocycles. The largest absolute Gasteiger partial charge is 0.507 e. The predicted octanol–water partition coefficient (Wildman–Crippen LogP) is -0.269. The fourth-order valence-electron chi connectivity index (χ4n) is 1.05. The number of amides is 2. The lowest BCUT2D eigenvalue weighted by Crippen LogP contribution is -2.39. The van der Waals surface area contributed by atoms with Crippen LogP contribution in [0, 0.1) is 0 Å². The van der Waals surface area contributed by atoms with Gasteiger partial charge < -0.3 is 21.3 Å². The van der Waals surface area contributed by atoms with Crippen molar-refractivity contribution in [1.82, 2.24) is 5.32 Å². The summed E-state index contributed by atoms with van der Waals surface area (Å²) < 4.78 is 0.464. The number of halogens is 1. The Morgan fingerprint density at radius 3 is 2.65 bits per heavy atom. The van der Waals surface area contributed by atoms with Crippen molar-refractivity contribution >= 4 is 27.7 Å². The first-order chi connectivity index (χ1) is 7.91. The number of aliphatic hydroxyl groups excluding tert-OH is 1. The second-order valence-electron chi connectivity index (χ2n) is 3.29. The second kappa shape index (κ2) is 5.65. The van der Waals surface area contributed by atoms with Crippen LogP contribution in [-0.4, -0.2) is 34.7 Å². The van der Waals surface area contributed by atoms with Gasteiger partial charge in [0.15, 0.2) is 0 Å². The van der Waals surface area contributed by atoms with Crippen LogP contribution in [0.15, 0.2) is 22.7 Å². The van der Waals surface area contributed by atoms with Crippen molar-refractivity contribution in [2.75, 3.05) is 6.54 Å². The highest BCUT2D eigenvalue weighted by molar-refractivity contribution is 9.10. The van der Waals surface area contributed by atoms with Crippen molar-refractivity contribution in [3.63, 3.8) is 0 Å². The van der Waals surface area contributed by atoms with E-state index in [1.807, 2.05) is 0 Å². The van der Waals surface area contributed by atoms with E-state index in [1.54, 1.807) is 0 Å². The number of aliphatic hydroxyl groups is 1. The number of hydrogen-bond donors (Lipinski definition) is 4. The molecule has 7 heteroatoms. The maximum Gasteiger partial charge on any atom is 0.251 e. The number of carbonyl (C=O) groups excluding carboxylic acids is 2. The van der Waals surface area contributed by atoms with E-state index in [1.165, 1.54) is 18.2 Å². The highest BCUT2D eigenvalue weighted by Gasteiger charge is 2.13. The summed E-state index contributed by atoms with van der Waals surface area (Å²) in [5.74, 6) is -1.51. The Hall–Kier alpha value is -1.60. The van der Waals surface area contributed by atoms with Crippen LogP contribution in [0.4, 0.5) is 0 Å². The highest BCUT2D eigenvalue weighted by atomic mass is 79.9. The van der Waals surface area contributed by atoms with Crippen molar-refractivity contribution in [3.8, 4) is 5.75 Å². The second-order valence-corrected chi connectivity index (χ2v) is 4.15. The summed E-state index contributed by atoms with van der Waals surface area (Å²) in [5, 5.41) is 20.7. The molecule has 5 N–H and O–H groups in total. The number of hydrogen-bond acceptors (Lipinski definition) is 4. The zero-order chi connectivity index (χ0) is 13.0. The molecule has 1 aromatic rings. The molecule has 0 radical (unpaired) electrons. The van der Waals surface area contributed by atoms with E-state index in [-0.39, 0.29) is 17.9 Å². The number of rotatable bonds is 4. The minimum absolute atomic E-state index is 0.0758. The van der Waals surface area contributed by atoms with Crippen LogP contribution in [0.1, 0.15) is 10.4 Å². The van der Waals surface area contributed by atoms with Crippen LogP contribution in [0.5, 0.6) is 5.75 Å². The zero-order valence-corrected chi connectivity index (χ0v) is 10.3. The molecular formula is C10H11BrN2O4. The van der Waals surface area contributed by atoms with Crippen LogP contribution < -0.4 is 11.1 Å². The number of carbonyl (C=O) groups is 2. The van der Waals surface area contributed by atoms with Crippen LogP contribution in [0.3, 0.4) is 0 Å². The molecule has 2 amide bonds. The van der Waals surface area contributed by atoms with Gasteiger partial charge in [-0.1, -0.05) is 0 Å². The van der Waals surface area contributed by atoms with E-state index in [0.717, 1.165) is 0 Å². The molecule has 1 unspecified atom stereocenters. The van der Waals surface area contributed by atoms with E-state index in [4.69, 9.17) is 10.8 Å². The minimum atomic E-state index is -1.43. The standard InChI is InChI=1S/C10H11BrN2O4/c11-6-2-1-5(3-7(6)14)10(17)13-4-8(15)9(12)16/h1-3,8,14-15H,4H2,(H2,12,16)(H,13,17). The molecule has 17 heavy (non-hydrogen) atoms. The number of nitrogens with two attached hydrogens (primary N) is 1. The predicted molar refractivity (Wildman–Crippen MR) is 63.3 cm³/mol. The molecule has 0 aromatic heterocycles. The minimum Gasteiger partial charge on any atom is -0.507 e. The Morgan fingerprint density at radius 2 is 2.12 bits per heavy atom. The molecule has 0 bridgehead atoms. The Balaban J connectivity index is 2.64. The first-order valence-electron chi connectivity index (χ1n) is 4.66. The lowest BCUT2D eigenvalue weighted by Gasteiger charge is -2.08. The normalized spacial score (nSPS) is 11.9. The van der Waals surface area contributed by atoms with Gasteiger partial charge in [0.1, 0.15) is 11.9 Å². The van der Waals surface area contributed by atoms with Gasteiger partial charge in [0.25, 0.3) is 5.91 Å². The number of phenols is 1. The Morgan fingerprint density at radius 1 is 1.47 bits per heavy atom. The highest BCUT2D eigenvalue weighted by Crippen LogP contribution is 2.24. The topological polar surface area (TPSA) is 113 Å². The summed E-state index contributed by atoms with van der Waals surface area (Å²) >= 11 is 3.08. The molecule has 1 rings (SSSR count). The molecule has 6 nitrogen and oxygen atoms in total. The average Bonchev–Trinajstić information content (AvgIpc) is 2.28. The van der Waals surface area contributed by atoms with E-state index < -0.39 is 17.9 Å². The van der Waals surface area contributed by atoms with Crippen LogP contribution >= 0.6 is 15.9 Å². The molecule has 0 aliphatic carbocycles. The fraction of sp³-hybridized carbons (Fsp3) is 0.200. The van der Waals surface area contributed by atoms with Crippen molar-refractivity contribution in [2.24, 2.45) is 5.73 Å². The Kier molecular flexibility index (Phi) is 4.47. The zero-order valence-electron chi connectivity index (χ0n) is 8.68. The van der Waals surface area contributed by atoms with Gasteiger partial charge in [-0.3, -0.25) is 9.59 Å².